The van der Waals surface area contributed by atoms with E-state index in [2.05, 4.69) is 0 Å². The average molecular weight is 278 g/mol. The third-order valence-corrected chi connectivity index (χ3v) is 3.68. The van der Waals surface area contributed by atoms with Gasteiger partial charge < -0.3 is 20.5 Å². The first-order valence-corrected chi connectivity index (χ1v) is 6.39. The Kier molecular flexibility index (Phi) is 3.67. The number of nitrogens with two attached hydrogens (primary N) is 1. The Bertz CT molecular complexity index is 558. The van der Waals surface area contributed by atoms with Gasteiger partial charge in [0.25, 0.3) is 0 Å². The van der Waals surface area contributed by atoms with Crippen LogP contribution >= 0.6 is 0 Å². The van der Waals surface area contributed by atoms with Gasteiger partial charge in [0.05, 0.1) is 12.8 Å². The average Bonchev–Trinajstić information content (AvgIpc) is 2.57. The predicted molar refractivity (Wildman–Crippen MR) is 73.8 cm³/mol. The van der Waals surface area contributed by atoms with Crippen molar-refractivity contribution in [1.29, 1.82) is 0 Å². The number of benzene rings is 1. The highest BCUT2D eigenvalue weighted by Gasteiger charge is 2.42. The summed E-state index contributed by atoms with van der Waals surface area (Å²) in [6, 6.07) is 5.03. The second-order valence-corrected chi connectivity index (χ2v) is 4.91. The Hall–Kier alpha value is -2.08. The van der Waals surface area contributed by atoms with Gasteiger partial charge in [-0.1, -0.05) is 12.1 Å². The normalized spacial score (nSPS) is 21.9. The Balaban J connectivity index is 2.73. The van der Waals surface area contributed by atoms with Crippen LogP contribution in [0.3, 0.4) is 0 Å². The van der Waals surface area contributed by atoms with Crippen molar-refractivity contribution >= 4 is 17.6 Å². The number of carbonyl (C=O) groups excluding carboxylic acids is 1. The molecule has 1 amide bonds. The van der Waals surface area contributed by atoms with Crippen LogP contribution in [0.5, 0.6) is 5.75 Å². The monoisotopic (exact) mass is 278 g/mol. The van der Waals surface area contributed by atoms with Gasteiger partial charge in [0, 0.05) is 19.0 Å². The summed E-state index contributed by atoms with van der Waals surface area (Å²) in [4.78, 5) is 25.0. The molecule has 0 radical (unpaired) electrons. The summed E-state index contributed by atoms with van der Waals surface area (Å²) in [6.07, 6.45) is 0.784. The van der Waals surface area contributed by atoms with Gasteiger partial charge in [0.1, 0.15) is 11.3 Å². The smallest absolute Gasteiger partial charge is 0.328 e. The van der Waals surface area contributed by atoms with Gasteiger partial charge in [-0.25, -0.2) is 4.79 Å². The van der Waals surface area contributed by atoms with E-state index < -0.39 is 11.5 Å². The maximum Gasteiger partial charge on any atom is 0.328 e. The van der Waals surface area contributed by atoms with Crippen LogP contribution in [0, 0.1) is 0 Å². The molecule has 1 aromatic rings. The molecule has 6 nitrogen and oxygen atoms in total. The Morgan fingerprint density at radius 3 is 2.70 bits per heavy atom. The molecule has 1 aliphatic heterocycles. The fourth-order valence-electron chi connectivity index (χ4n) is 2.62. The molecule has 1 aliphatic rings. The highest BCUT2D eigenvalue weighted by molar-refractivity contribution is 5.96. The van der Waals surface area contributed by atoms with E-state index in [1.54, 1.807) is 18.2 Å². The van der Waals surface area contributed by atoms with Crippen molar-refractivity contribution in [2.24, 2.45) is 5.73 Å². The minimum absolute atomic E-state index is 0.162. The van der Waals surface area contributed by atoms with Crippen molar-refractivity contribution in [1.82, 2.24) is 0 Å². The zero-order chi connectivity index (χ0) is 14.9. The lowest BCUT2D eigenvalue weighted by molar-refractivity contribution is -0.144. The number of amides is 1. The molecule has 6 heteroatoms. The Labute approximate surface area is 117 Å². The predicted octanol–water partition coefficient (Wildman–Crippen LogP) is 1.08. The number of anilines is 1. The van der Waals surface area contributed by atoms with E-state index in [1.807, 2.05) is 0 Å². The quantitative estimate of drug-likeness (QED) is 0.844. The number of methoxy groups -OCH3 is 1. The lowest BCUT2D eigenvalue weighted by Crippen LogP contribution is -2.44. The van der Waals surface area contributed by atoms with E-state index >= 15 is 0 Å². The van der Waals surface area contributed by atoms with Crippen molar-refractivity contribution in [2.45, 2.75) is 25.3 Å². The first kappa shape index (κ1) is 14.3. The molecule has 3 N–H and O–H groups in total. The van der Waals surface area contributed by atoms with Gasteiger partial charge >= 0.3 is 5.97 Å². The van der Waals surface area contributed by atoms with E-state index in [9.17, 15) is 14.7 Å². The summed E-state index contributed by atoms with van der Waals surface area (Å²) in [7, 11) is 1.48. The molecule has 0 spiro atoms. The number of hydrogen-bond donors (Lipinski definition) is 2. The zero-order valence-corrected chi connectivity index (χ0v) is 11.5. The number of carboxylic acids is 1. The van der Waals surface area contributed by atoms with E-state index in [-0.39, 0.29) is 12.3 Å². The topological polar surface area (TPSA) is 92.9 Å². The first-order chi connectivity index (χ1) is 9.41. The number of carboxylic acid groups (broad SMARTS) is 1. The number of para-hydroxylation sites is 1. The third kappa shape index (κ3) is 2.12. The SMILES string of the molecule is COc1cccc2c1N(C(C)=O)CCCC2(N)C(=O)O. The molecule has 1 heterocycles. The van der Waals surface area contributed by atoms with Crippen LogP contribution in [0.15, 0.2) is 18.2 Å². The molecule has 0 bridgehead atoms. The number of ether oxygens (including phenoxy) is 1. The van der Waals surface area contributed by atoms with Crippen LogP contribution in [0.1, 0.15) is 25.3 Å². The number of carbonyl (C=O) groups is 2. The standard InChI is InChI=1S/C14H18N2O4/c1-9(17)16-8-4-7-14(15,13(18)19)10-5-3-6-11(20-2)12(10)16/h3,5-6H,4,7-8,15H2,1-2H3,(H,18,19). The molecule has 20 heavy (non-hydrogen) atoms. The molecule has 0 aliphatic carbocycles. The molecular weight excluding hydrogens is 260 g/mol. The fraction of sp³-hybridized carbons (Fsp3) is 0.429. The van der Waals surface area contributed by atoms with Crippen molar-refractivity contribution in [2.75, 3.05) is 18.6 Å². The maximum atomic E-state index is 11.8. The van der Waals surface area contributed by atoms with Gasteiger partial charge in [0.15, 0.2) is 0 Å². The second-order valence-electron chi connectivity index (χ2n) is 4.91. The van der Waals surface area contributed by atoms with E-state index in [0.717, 1.165) is 0 Å². The largest absolute Gasteiger partial charge is 0.495 e. The van der Waals surface area contributed by atoms with Crippen LogP contribution in [0.2, 0.25) is 0 Å². The zero-order valence-electron chi connectivity index (χ0n) is 11.5. The maximum absolute atomic E-state index is 11.8. The molecule has 0 saturated carbocycles. The molecule has 1 aromatic carbocycles. The van der Waals surface area contributed by atoms with E-state index in [1.165, 1.54) is 18.9 Å². The molecule has 0 fully saturated rings. The van der Waals surface area contributed by atoms with Crippen molar-refractivity contribution < 1.29 is 19.4 Å². The van der Waals surface area contributed by atoms with Gasteiger partial charge in [-0.2, -0.15) is 0 Å². The highest BCUT2D eigenvalue weighted by Crippen LogP contribution is 2.41. The summed E-state index contributed by atoms with van der Waals surface area (Å²) >= 11 is 0. The number of hydrogen-bond acceptors (Lipinski definition) is 4. The summed E-state index contributed by atoms with van der Waals surface area (Å²) in [5.41, 5.74) is 5.48. The molecular formula is C14H18N2O4. The lowest BCUT2D eigenvalue weighted by atomic mass is 9.86. The van der Waals surface area contributed by atoms with Crippen molar-refractivity contribution in [3.05, 3.63) is 23.8 Å². The minimum atomic E-state index is -1.51. The number of aliphatic carboxylic acids is 1. The van der Waals surface area contributed by atoms with Crippen molar-refractivity contribution in [3.8, 4) is 5.75 Å². The molecule has 0 saturated heterocycles. The number of fused-ring (bicyclic) bond motifs is 1. The van der Waals surface area contributed by atoms with Crippen LogP contribution in [0.25, 0.3) is 0 Å². The summed E-state index contributed by atoms with van der Waals surface area (Å²) in [5, 5.41) is 9.49. The molecule has 1 unspecified atom stereocenters. The molecule has 2 rings (SSSR count). The van der Waals surface area contributed by atoms with Crippen LogP contribution in [-0.2, 0) is 15.1 Å². The summed E-state index contributed by atoms with van der Waals surface area (Å²) in [6.45, 7) is 1.87. The van der Waals surface area contributed by atoms with E-state index in [4.69, 9.17) is 10.5 Å². The molecule has 108 valence electrons. The van der Waals surface area contributed by atoms with Gasteiger partial charge in [-0.3, -0.25) is 4.79 Å². The molecule has 0 aromatic heterocycles. The minimum Gasteiger partial charge on any atom is -0.495 e. The van der Waals surface area contributed by atoms with Crippen LogP contribution < -0.4 is 15.4 Å². The molecule has 1 atom stereocenters. The van der Waals surface area contributed by atoms with Gasteiger partial charge in [-0.05, 0) is 18.9 Å². The number of rotatable bonds is 2. The fourth-order valence-corrected chi connectivity index (χ4v) is 2.62. The second kappa shape index (κ2) is 5.13. The van der Waals surface area contributed by atoms with Gasteiger partial charge in [0.2, 0.25) is 5.91 Å². The first-order valence-electron chi connectivity index (χ1n) is 6.39. The van der Waals surface area contributed by atoms with Crippen LogP contribution in [-0.4, -0.2) is 30.6 Å². The lowest BCUT2D eigenvalue weighted by Gasteiger charge is -2.28. The van der Waals surface area contributed by atoms with E-state index in [0.29, 0.717) is 30.0 Å². The highest BCUT2D eigenvalue weighted by atomic mass is 16.5. The van der Waals surface area contributed by atoms with Crippen molar-refractivity contribution in [3.63, 3.8) is 0 Å². The summed E-state index contributed by atoms with van der Waals surface area (Å²) < 4.78 is 5.28. The van der Waals surface area contributed by atoms with Gasteiger partial charge in [-0.15, -0.1) is 0 Å². The Morgan fingerprint density at radius 1 is 1.45 bits per heavy atom. The summed E-state index contributed by atoms with van der Waals surface area (Å²) in [5.74, 6) is -0.807. The Morgan fingerprint density at radius 2 is 2.15 bits per heavy atom. The van der Waals surface area contributed by atoms with Crippen LogP contribution in [0.4, 0.5) is 5.69 Å². The third-order valence-electron chi connectivity index (χ3n) is 3.68. The number of nitrogens with zero attached hydrogens (tertiary/aromatic N) is 1.